The molecule has 1 saturated carbocycles. The van der Waals surface area contributed by atoms with Crippen molar-refractivity contribution >= 4 is 5.91 Å². The third-order valence-corrected chi connectivity index (χ3v) is 3.57. The maximum absolute atomic E-state index is 11.7. The first-order chi connectivity index (χ1) is 7.27. The van der Waals surface area contributed by atoms with E-state index in [1.807, 2.05) is 0 Å². The van der Waals surface area contributed by atoms with Gasteiger partial charge in [0.2, 0.25) is 5.91 Å². The fourth-order valence-corrected chi connectivity index (χ4v) is 2.49. The largest absolute Gasteiger partial charge is 0.391 e. The molecule has 0 aromatic carbocycles. The molecule has 3 N–H and O–H groups in total. The molecule has 15 heavy (non-hydrogen) atoms. The Kier molecular flexibility index (Phi) is 3.59. The van der Waals surface area contributed by atoms with Crippen molar-refractivity contribution < 1.29 is 9.90 Å². The number of carbonyl (C=O) groups excluding carboxylic acids is 1. The molecule has 4 nitrogen and oxygen atoms in total. The molecule has 2 rings (SSSR count). The van der Waals surface area contributed by atoms with Crippen LogP contribution in [0.15, 0.2) is 0 Å². The summed E-state index contributed by atoms with van der Waals surface area (Å²) in [5.74, 6) is 0.610. The molecule has 1 aliphatic heterocycles. The minimum absolute atomic E-state index is 0.187. The summed E-state index contributed by atoms with van der Waals surface area (Å²) in [4.78, 5) is 11.7. The van der Waals surface area contributed by atoms with E-state index in [1.54, 1.807) is 0 Å². The first-order valence-corrected chi connectivity index (χ1v) is 5.94. The predicted molar refractivity (Wildman–Crippen MR) is 57.3 cm³/mol. The van der Waals surface area contributed by atoms with E-state index in [9.17, 15) is 9.90 Å². The highest BCUT2D eigenvalue weighted by Gasteiger charge is 2.27. The summed E-state index contributed by atoms with van der Waals surface area (Å²) in [6.45, 7) is 2.08. The lowest BCUT2D eigenvalue weighted by molar-refractivity contribution is -0.125. The van der Waals surface area contributed by atoms with Crippen LogP contribution < -0.4 is 10.6 Å². The molecule has 0 radical (unpaired) electrons. The SMILES string of the molecule is O=C(NCC1CNCC1O)C1CCCC1. The number of hydrogen-bond donors (Lipinski definition) is 3. The topological polar surface area (TPSA) is 61.4 Å². The van der Waals surface area contributed by atoms with E-state index in [4.69, 9.17) is 0 Å². The zero-order valence-corrected chi connectivity index (χ0v) is 9.04. The Bertz CT molecular complexity index is 227. The summed E-state index contributed by atoms with van der Waals surface area (Å²) in [5.41, 5.74) is 0. The van der Waals surface area contributed by atoms with Crippen LogP contribution in [-0.2, 0) is 4.79 Å². The van der Waals surface area contributed by atoms with Crippen LogP contribution in [0.2, 0.25) is 0 Å². The summed E-state index contributed by atoms with van der Waals surface area (Å²) >= 11 is 0. The van der Waals surface area contributed by atoms with Gasteiger partial charge in [0, 0.05) is 31.5 Å². The van der Waals surface area contributed by atoms with E-state index in [1.165, 1.54) is 12.8 Å². The van der Waals surface area contributed by atoms with Gasteiger partial charge in [0.05, 0.1) is 6.10 Å². The molecular weight excluding hydrogens is 192 g/mol. The van der Waals surface area contributed by atoms with Crippen LogP contribution in [0.1, 0.15) is 25.7 Å². The van der Waals surface area contributed by atoms with Crippen molar-refractivity contribution in [2.45, 2.75) is 31.8 Å². The molecule has 2 fully saturated rings. The molecule has 0 aromatic rings. The molecule has 2 aliphatic rings. The van der Waals surface area contributed by atoms with Crippen LogP contribution in [0.4, 0.5) is 0 Å². The van der Waals surface area contributed by atoms with E-state index >= 15 is 0 Å². The van der Waals surface area contributed by atoms with Gasteiger partial charge in [0.15, 0.2) is 0 Å². The summed E-state index contributed by atoms with van der Waals surface area (Å²) < 4.78 is 0. The van der Waals surface area contributed by atoms with E-state index < -0.39 is 0 Å². The number of rotatable bonds is 3. The van der Waals surface area contributed by atoms with E-state index in [0.717, 1.165) is 19.4 Å². The van der Waals surface area contributed by atoms with Crippen molar-refractivity contribution in [3.8, 4) is 0 Å². The van der Waals surface area contributed by atoms with Gasteiger partial charge in [0.25, 0.3) is 0 Å². The van der Waals surface area contributed by atoms with Crippen molar-refractivity contribution in [1.29, 1.82) is 0 Å². The molecular formula is C11H20N2O2. The van der Waals surface area contributed by atoms with Gasteiger partial charge in [-0.25, -0.2) is 0 Å². The lowest BCUT2D eigenvalue weighted by atomic mass is 10.0. The Balaban J connectivity index is 1.70. The minimum Gasteiger partial charge on any atom is -0.391 e. The fraction of sp³-hybridized carbons (Fsp3) is 0.909. The summed E-state index contributed by atoms with van der Waals surface area (Å²) in [5, 5.41) is 15.6. The number of aliphatic hydroxyl groups excluding tert-OH is 1. The number of aliphatic hydroxyl groups is 1. The molecule has 1 saturated heterocycles. The number of hydrogen-bond acceptors (Lipinski definition) is 3. The van der Waals surface area contributed by atoms with Gasteiger partial charge in [-0.1, -0.05) is 12.8 Å². The van der Waals surface area contributed by atoms with E-state index in [0.29, 0.717) is 13.1 Å². The van der Waals surface area contributed by atoms with E-state index in [2.05, 4.69) is 10.6 Å². The smallest absolute Gasteiger partial charge is 0.223 e. The molecule has 1 amide bonds. The van der Waals surface area contributed by atoms with Gasteiger partial charge in [-0.3, -0.25) is 4.79 Å². The number of nitrogens with one attached hydrogen (secondary N) is 2. The van der Waals surface area contributed by atoms with Crippen molar-refractivity contribution in [3.05, 3.63) is 0 Å². The molecule has 4 heteroatoms. The molecule has 0 spiro atoms. The van der Waals surface area contributed by atoms with Crippen LogP contribution in [-0.4, -0.2) is 36.8 Å². The molecule has 1 aliphatic carbocycles. The quantitative estimate of drug-likeness (QED) is 0.611. The second-order valence-electron chi connectivity index (χ2n) is 4.71. The van der Waals surface area contributed by atoms with Gasteiger partial charge in [-0.2, -0.15) is 0 Å². The predicted octanol–water partition coefficient (Wildman–Crippen LogP) is -0.127. The zero-order chi connectivity index (χ0) is 10.7. The molecule has 86 valence electrons. The van der Waals surface area contributed by atoms with Crippen molar-refractivity contribution in [1.82, 2.24) is 10.6 Å². The molecule has 2 atom stereocenters. The Labute approximate surface area is 90.4 Å². The van der Waals surface area contributed by atoms with Crippen LogP contribution in [0.3, 0.4) is 0 Å². The lowest BCUT2D eigenvalue weighted by Crippen LogP contribution is -2.37. The standard InChI is InChI=1S/C11H20N2O2/c14-10-7-12-5-9(10)6-13-11(15)8-3-1-2-4-8/h8-10,12,14H,1-7H2,(H,13,15). The summed E-state index contributed by atoms with van der Waals surface area (Å²) in [6.07, 6.45) is 4.15. The molecule has 0 bridgehead atoms. The average Bonchev–Trinajstić information content (AvgIpc) is 2.85. The van der Waals surface area contributed by atoms with Gasteiger partial charge in [-0.15, -0.1) is 0 Å². The molecule has 0 aromatic heterocycles. The first kappa shape index (κ1) is 10.9. The summed E-state index contributed by atoms with van der Waals surface area (Å²) in [7, 11) is 0. The maximum Gasteiger partial charge on any atom is 0.223 e. The second kappa shape index (κ2) is 4.94. The molecule has 1 heterocycles. The van der Waals surface area contributed by atoms with Crippen molar-refractivity contribution in [2.24, 2.45) is 11.8 Å². The highest BCUT2D eigenvalue weighted by Crippen LogP contribution is 2.24. The third kappa shape index (κ3) is 2.69. The van der Waals surface area contributed by atoms with E-state index in [-0.39, 0.29) is 23.8 Å². The maximum atomic E-state index is 11.7. The van der Waals surface area contributed by atoms with Crippen molar-refractivity contribution in [2.75, 3.05) is 19.6 Å². The van der Waals surface area contributed by atoms with Gasteiger partial charge in [0.1, 0.15) is 0 Å². The molecule has 2 unspecified atom stereocenters. The average molecular weight is 212 g/mol. The first-order valence-electron chi connectivity index (χ1n) is 5.94. The Morgan fingerprint density at radius 2 is 2.07 bits per heavy atom. The van der Waals surface area contributed by atoms with Crippen LogP contribution >= 0.6 is 0 Å². The number of carbonyl (C=O) groups is 1. The lowest BCUT2D eigenvalue weighted by Gasteiger charge is -2.16. The van der Waals surface area contributed by atoms with Crippen molar-refractivity contribution in [3.63, 3.8) is 0 Å². The number of amides is 1. The second-order valence-corrected chi connectivity index (χ2v) is 4.71. The van der Waals surface area contributed by atoms with Crippen LogP contribution in [0.25, 0.3) is 0 Å². The van der Waals surface area contributed by atoms with Gasteiger partial charge < -0.3 is 15.7 Å². The Morgan fingerprint density at radius 3 is 2.67 bits per heavy atom. The monoisotopic (exact) mass is 212 g/mol. The van der Waals surface area contributed by atoms with Gasteiger partial charge >= 0.3 is 0 Å². The Morgan fingerprint density at radius 1 is 1.33 bits per heavy atom. The normalized spacial score (nSPS) is 32.1. The van der Waals surface area contributed by atoms with Crippen LogP contribution in [0, 0.1) is 11.8 Å². The van der Waals surface area contributed by atoms with Gasteiger partial charge in [-0.05, 0) is 12.8 Å². The minimum atomic E-state index is -0.297. The fourth-order valence-electron chi connectivity index (χ4n) is 2.49. The summed E-state index contributed by atoms with van der Waals surface area (Å²) in [6, 6.07) is 0. The number of β-amino-alcohol motifs (C(OH)–C–C–N with tert-alkyl or cyclic N) is 1. The van der Waals surface area contributed by atoms with Crippen LogP contribution in [0.5, 0.6) is 0 Å². The highest BCUT2D eigenvalue weighted by molar-refractivity contribution is 5.78. The zero-order valence-electron chi connectivity index (χ0n) is 9.04. The highest BCUT2D eigenvalue weighted by atomic mass is 16.3. The third-order valence-electron chi connectivity index (χ3n) is 3.57. The Hall–Kier alpha value is -0.610.